The molecule has 0 spiro atoms. The minimum atomic E-state index is -4.63. The lowest BCUT2D eigenvalue weighted by molar-refractivity contribution is -0.144. The molecule has 0 aliphatic rings. The van der Waals surface area contributed by atoms with Gasteiger partial charge in [-0.15, -0.1) is 0 Å². The van der Waals surface area contributed by atoms with Crippen molar-refractivity contribution in [3.63, 3.8) is 0 Å². The molecule has 0 amide bonds. The molecule has 0 fully saturated rings. The van der Waals surface area contributed by atoms with Crippen molar-refractivity contribution in [3.8, 4) is 0 Å². The average molecular weight is 246 g/mol. The number of nitrogens with one attached hydrogen (secondary N) is 1. The minimum Gasteiger partial charge on any atom is -0.267 e. The molecule has 0 aromatic carbocycles. The van der Waals surface area contributed by atoms with Crippen LogP contribution in [0.15, 0.2) is 11.0 Å². The van der Waals surface area contributed by atoms with Crippen LogP contribution in [0.5, 0.6) is 0 Å². The Morgan fingerprint density at radius 1 is 1.41 bits per heavy atom. The Bertz CT molecular complexity index is 611. The van der Waals surface area contributed by atoms with Crippen LogP contribution in [0.25, 0.3) is 5.78 Å². The van der Waals surface area contributed by atoms with Gasteiger partial charge < -0.3 is 0 Å². The highest BCUT2D eigenvalue weighted by molar-refractivity contribution is 5.29. The predicted molar refractivity (Wildman–Crippen MR) is 52.7 cm³/mol. The molecule has 1 N–H and O–H groups in total. The first-order chi connectivity index (χ1) is 7.80. The summed E-state index contributed by atoms with van der Waals surface area (Å²) in [7, 11) is 0. The Morgan fingerprint density at radius 2 is 2.06 bits per heavy atom. The lowest BCUT2D eigenvalue weighted by Gasteiger charge is -2.02. The number of rotatable bonds is 1. The molecule has 17 heavy (non-hydrogen) atoms. The van der Waals surface area contributed by atoms with Crippen LogP contribution in [0.3, 0.4) is 0 Å². The van der Waals surface area contributed by atoms with Crippen LogP contribution in [-0.4, -0.2) is 19.6 Å². The van der Waals surface area contributed by atoms with Crippen molar-refractivity contribution in [2.24, 2.45) is 0 Å². The molecule has 0 radical (unpaired) electrons. The minimum absolute atomic E-state index is 0.121. The average Bonchev–Trinajstić information content (AvgIpc) is 2.61. The van der Waals surface area contributed by atoms with Crippen molar-refractivity contribution in [1.29, 1.82) is 0 Å². The van der Waals surface area contributed by atoms with Gasteiger partial charge in [-0.3, -0.25) is 9.89 Å². The first-order valence-corrected chi connectivity index (χ1v) is 4.85. The summed E-state index contributed by atoms with van der Waals surface area (Å²) < 4.78 is 37.8. The number of aromatic amines is 1. The fourth-order valence-corrected chi connectivity index (χ4v) is 1.39. The second kappa shape index (κ2) is 3.57. The maximum absolute atomic E-state index is 12.4. The number of halogens is 3. The van der Waals surface area contributed by atoms with E-state index in [4.69, 9.17) is 0 Å². The van der Waals surface area contributed by atoms with E-state index in [-0.39, 0.29) is 11.7 Å². The van der Waals surface area contributed by atoms with E-state index in [1.165, 1.54) is 6.20 Å². The lowest BCUT2D eigenvalue weighted by Crippen LogP contribution is -2.21. The largest absolute Gasteiger partial charge is 0.451 e. The molecule has 2 heterocycles. The molecule has 5 nitrogen and oxygen atoms in total. The standard InChI is InChI=1S/C9H9F3N4O/c1-4(2)5-3-13-8-14-7(9(10,11)12)15-16(8)6(5)17/h3-4H,1-2H3,(H,13,14,15). The third-order valence-corrected chi connectivity index (χ3v) is 2.29. The van der Waals surface area contributed by atoms with Crippen molar-refractivity contribution in [1.82, 2.24) is 19.6 Å². The zero-order valence-electron chi connectivity index (χ0n) is 9.04. The quantitative estimate of drug-likeness (QED) is 0.830. The molecule has 0 aliphatic carbocycles. The number of alkyl halides is 3. The number of hydrogen-bond donors (Lipinski definition) is 1. The summed E-state index contributed by atoms with van der Waals surface area (Å²) in [6, 6.07) is 0. The van der Waals surface area contributed by atoms with Crippen molar-refractivity contribution < 1.29 is 13.2 Å². The molecule has 2 aromatic rings. The number of nitrogens with zero attached hydrogens (tertiary/aromatic N) is 3. The van der Waals surface area contributed by atoms with Crippen molar-refractivity contribution in [2.45, 2.75) is 25.9 Å². The Balaban J connectivity index is 2.71. The van der Waals surface area contributed by atoms with Gasteiger partial charge in [0.05, 0.1) is 0 Å². The van der Waals surface area contributed by atoms with E-state index in [0.29, 0.717) is 10.1 Å². The van der Waals surface area contributed by atoms with Crippen molar-refractivity contribution >= 4 is 5.78 Å². The zero-order chi connectivity index (χ0) is 12.8. The molecular weight excluding hydrogens is 237 g/mol. The van der Waals surface area contributed by atoms with Crippen LogP contribution in [0.1, 0.15) is 31.2 Å². The van der Waals surface area contributed by atoms with E-state index in [0.717, 1.165) is 0 Å². The summed E-state index contributed by atoms with van der Waals surface area (Å²) >= 11 is 0. The van der Waals surface area contributed by atoms with Crippen molar-refractivity contribution in [2.75, 3.05) is 0 Å². The zero-order valence-corrected chi connectivity index (χ0v) is 9.04. The summed E-state index contributed by atoms with van der Waals surface area (Å²) in [6.45, 7) is 3.51. The lowest BCUT2D eigenvalue weighted by atomic mass is 10.1. The third kappa shape index (κ3) is 1.90. The van der Waals surface area contributed by atoms with E-state index in [1.54, 1.807) is 13.8 Å². The summed E-state index contributed by atoms with van der Waals surface area (Å²) in [5.74, 6) is -1.64. The number of hydrogen-bond acceptors (Lipinski definition) is 3. The van der Waals surface area contributed by atoms with E-state index in [2.05, 4.69) is 9.97 Å². The molecular formula is C9H9F3N4O. The maximum Gasteiger partial charge on any atom is 0.451 e. The normalized spacial score (nSPS) is 12.6. The first-order valence-electron chi connectivity index (χ1n) is 4.85. The van der Waals surface area contributed by atoms with Crippen LogP contribution in [0.4, 0.5) is 13.2 Å². The Labute approximate surface area is 93.3 Å². The molecule has 92 valence electrons. The Hall–Kier alpha value is -1.86. The van der Waals surface area contributed by atoms with Crippen LogP contribution >= 0.6 is 0 Å². The predicted octanol–water partition coefficient (Wildman–Crippen LogP) is 1.56. The highest BCUT2D eigenvalue weighted by Gasteiger charge is 2.35. The van der Waals surface area contributed by atoms with E-state index >= 15 is 0 Å². The number of fused-ring (bicyclic) bond motifs is 1. The van der Waals surface area contributed by atoms with Gasteiger partial charge in [-0.1, -0.05) is 13.8 Å². The summed E-state index contributed by atoms with van der Waals surface area (Å²) in [6.07, 6.45) is -3.37. The summed E-state index contributed by atoms with van der Waals surface area (Å²) in [4.78, 5) is 18.7. The van der Waals surface area contributed by atoms with Gasteiger partial charge in [0, 0.05) is 11.8 Å². The van der Waals surface area contributed by atoms with Gasteiger partial charge in [0.25, 0.3) is 11.3 Å². The van der Waals surface area contributed by atoms with Crippen molar-refractivity contribution in [3.05, 3.63) is 27.9 Å². The molecule has 0 bridgehead atoms. The smallest absolute Gasteiger partial charge is 0.267 e. The summed E-state index contributed by atoms with van der Waals surface area (Å²) in [5, 5.41) is 1.90. The molecule has 0 saturated carbocycles. The summed E-state index contributed by atoms with van der Waals surface area (Å²) in [5.41, 5.74) is -0.229. The Morgan fingerprint density at radius 3 is 2.59 bits per heavy atom. The third-order valence-electron chi connectivity index (χ3n) is 2.29. The van der Waals surface area contributed by atoms with Gasteiger partial charge in [0.2, 0.25) is 5.82 Å². The van der Waals surface area contributed by atoms with E-state index < -0.39 is 17.6 Å². The van der Waals surface area contributed by atoms with E-state index in [1.807, 2.05) is 5.10 Å². The highest BCUT2D eigenvalue weighted by Crippen LogP contribution is 2.25. The molecule has 0 unspecified atom stereocenters. The van der Waals surface area contributed by atoms with Gasteiger partial charge in [0.15, 0.2) is 0 Å². The fraction of sp³-hybridized carbons (Fsp3) is 0.444. The molecule has 0 atom stereocenters. The maximum atomic E-state index is 12.4. The van der Waals surface area contributed by atoms with Gasteiger partial charge in [-0.05, 0) is 5.92 Å². The topological polar surface area (TPSA) is 63.1 Å². The highest BCUT2D eigenvalue weighted by atomic mass is 19.4. The fourth-order valence-electron chi connectivity index (χ4n) is 1.39. The van der Waals surface area contributed by atoms with Gasteiger partial charge in [-0.25, -0.2) is 4.98 Å². The van der Waals surface area contributed by atoms with Gasteiger partial charge in [0.1, 0.15) is 0 Å². The van der Waals surface area contributed by atoms with E-state index in [9.17, 15) is 18.0 Å². The molecule has 8 heteroatoms. The number of aromatic nitrogens is 4. The monoisotopic (exact) mass is 246 g/mol. The van der Waals surface area contributed by atoms with Gasteiger partial charge in [-0.2, -0.15) is 22.7 Å². The second-order valence-electron chi connectivity index (χ2n) is 3.88. The molecule has 2 rings (SSSR count). The van der Waals surface area contributed by atoms with Crippen LogP contribution in [0.2, 0.25) is 0 Å². The second-order valence-corrected chi connectivity index (χ2v) is 3.88. The van der Waals surface area contributed by atoms with Crippen LogP contribution in [0, 0.1) is 0 Å². The number of H-pyrrole nitrogens is 1. The molecule has 2 aromatic heterocycles. The molecule has 0 aliphatic heterocycles. The molecule has 0 saturated heterocycles. The van der Waals surface area contributed by atoms with Crippen LogP contribution < -0.4 is 5.56 Å². The Kier molecular flexibility index (Phi) is 2.44. The first kappa shape index (κ1) is 11.6. The SMILES string of the molecule is CC(C)c1cnc2nc(C(F)(F)F)[nH]n2c1=O. The van der Waals surface area contributed by atoms with Crippen LogP contribution in [-0.2, 0) is 6.18 Å². The van der Waals surface area contributed by atoms with Gasteiger partial charge >= 0.3 is 6.18 Å².